The quantitative estimate of drug-likeness (QED) is 0.694. The number of carbonyl (C=O) groups excluding carboxylic acids is 1. The van der Waals surface area contributed by atoms with E-state index in [-0.39, 0.29) is 14.9 Å². The van der Waals surface area contributed by atoms with E-state index in [1.807, 2.05) is 18.4 Å². The molecule has 0 saturated carbocycles. The summed E-state index contributed by atoms with van der Waals surface area (Å²) in [5, 5.41) is 2.94. The molecule has 5 nitrogen and oxygen atoms in total. The normalized spacial score (nSPS) is 12.6. The van der Waals surface area contributed by atoms with Gasteiger partial charge in [-0.3, -0.25) is 4.79 Å². The van der Waals surface area contributed by atoms with Crippen LogP contribution in [0.5, 0.6) is 0 Å². The largest absolute Gasteiger partial charge is 0.325 e. The Morgan fingerprint density at radius 1 is 1.16 bits per heavy atom. The minimum Gasteiger partial charge on any atom is -0.325 e. The lowest BCUT2D eigenvalue weighted by Crippen LogP contribution is -2.41. The number of nitrogens with one attached hydrogen (secondary N) is 2. The first-order chi connectivity index (χ1) is 11.7. The van der Waals surface area contributed by atoms with Crippen LogP contribution in [-0.2, 0) is 14.8 Å². The maximum atomic E-state index is 12.4. The molecule has 0 radical (unpaired) electrons. The second-order valence-electron chi connectivity index (χ2n) is 5.14. The van der Waals surface area contributed by atoms with E-state index in [0.29, 0.717) is 5.69 Å². The molecule has 0 bridgehead atoms. The Bertz CT molecular complexity index is 889. The van der Waals surface area contributed by atoms with Crippen molar-refractivity contribution in [3.8, 4) is 0 Å². The average Bonchev–Trinajstić information content (AvgIpc) is 2.56. The van der Waals surface area contributed by atoms with Gasteiger partial charge in [0.2, 0.25) is 15.9 Å². The van der Waals surface area contributed by atoms with E-state index < -0.39 is 22.0 Å². The molecule has 25 heavy (non-hydrogen) atoms. The van der Waals surface area contributed by atoms with Crippen molar-refractivity contribution in [2.24, 2.45) is 0 Å². The summed E-state index contributed by atoms with van der Waals surface area (Å²) in [5.41, 5.74) is 0.587. The highest BCUT2D eigenvalue weighted by Gasteiger charge is 2.24. The molecule has 0 saturated heterocycles. The van der Waals surface area contributed by atoms with Crippen molar-refractivity contribution in [3.05, 3.63) is 52.5 Å². The fourth-order valence-electron chi connectivity index (χ4n) is 1.98. The van der Waals surface area contributed by atoms with Gasteiger partial charge in [0.05, 0.1) is 11.1 Å². The zero-order valence-corrected chi connectivity index (χ0v) is 16.6. The summed E-state index contributed by atoms with van der Waals surface area (Å²) in [6, 6.07) is 10.4. The summed E-state index contributed by atoms with van der Waals surface area (Å²) in [5.74, 6) is -0.486. The van der Waals surface area contributed by atoms with E-state index >= 15 is 0 Å². The highest BCUT2D eigenvalue weighted by molar-refractivity contribution is 7.98. The molecule has 2 N–H and O–H groups in total. The highest BCUT2D eigenvalue weighted by Crippen LogP contribution is 2.25. The molecule has 0 spiro atoms. The van der Waals surface area contributed by atoms with Crippen LogP contribution in [0.3, 0.4) is 0 Å². The van der Waals surface area contributed by atoms with E-state index in [1.165, 1.54) is 36.9 Å². The summed E-state index contributed by atoms with van der Waals surface area (Å²) in [7, 11) is -3.99. The number of thioether (sulfide) groups is 1. The van der Waals surface area contributed by atoms with Crippen LogP contribution in [0.4, 0.5) is 5.69 Å². The third-order valence-electron chi connectivity index (χ3n) is 3.25. The Balaban J connectivity index is 2.13. The van der Waals surface area contributed by atoms with E-state index in [1.54, 1.807) is 12.1 Å². The Labute approximate surface area is 161 Å². The number of benzene rings is 2. The standard InChI is InChI=1S/C16H16Cl2N2O3S2/c1-10(16(21)19-12-4-3-5-13(9-12)24-2)20-25(22,23)15-8-11(17)6-7-14(15)18/h3-10,20H,1-2H3,(H,19,21)/t10-/m0/s1. The van der Waals surface area contributed by atoms with Crippen LogP contribution in [0.1, 0.15) is 6.92 Å². The number of halogens is 2. The van der Waals surface area contributed by atoms with Crippen molar-refractivity contribution < 1.29 is 13.2 Å². The average molecular weight is 419 g/mol. The van der Waals surface area contributed by atoms with Gasteiger partial charge < -0.3 is 5.32 Å². The topological polar surface area (TPSA) is 75.3 Å². The summed E-state index contributed by atoms with van der Waals surface area (Å²) >= 11 is 13.3. The van der Waals surface area contributed by atoms with Crippen molar-refractivity contribution in [3.63, 3.8) is 0 Å². The molecule has 1 atom stereocenters. The Hall–Kier alpha value is -1.25. The fourth-order valence-corrected chi connectivity index (χ4v) is 4.41. The first kappa shape index (κ1) is 20.1. The fraction of sp³-hybridized carbons (Fsp3) is 0.188. The SMILES string of the molecule is CSc1cccc(NC(=O)[C@H](C)NS(=O)(=O)c2cc(Cl)ccc2Cl)c1. The Morgan fingerprint density at radius 2 is 1.88 bits per heavy atom. The van der Waals surface area contributed by atoms with Gasteiger partial charge in [-0.1, -0.05) is 29.3 Å². The molecule has 9 heteroatoms. The van der Waals surface area contributed by atoms with E-state index in [0.717, 1.165) is 4.90 Å². The predicted octanol–water partition coefficient (Wildman–Crippen LogP) is 4.02. The van der Waals surface area contributed by atoms with Crippen molar-refractivity contribution in [1.82, 2.24) is 4.72 Å². The van der Waals surface area contributed by atoms with Crippen LogP contribution >= 0.6 is 35.0 Å². The molecular formula is C16H16Cl2N2O3S2. The zero-order chi connectivity index (χ0) is 18.6. The van der Waals surface area contributed by atoms with E-state index in [2.05, 4.69) is 10.0 Å². The summed E-state index contributed by atoms with van der Waals surface area (Å²) in [6.45, 7) is 1.45. The zero-order valence-electron chi connectivity index (χ0n) is 13.4. The van der Waals surface area contributed by atoms with Gasteiger partial charge >= 0.3 is 0 Å². The highest BCUT2D eigenvalue weighted by atomic mass is 35.5. The summed E-state index contributed by atoms with van der Waals surface area (Å²) < 4.78 is 27.2. The molecule has 2 rings (SSSR count). The van der Waals surface area contributed by atoms with Crippen LogP contribution in [-0.4, -0.2) is 26.6 Å². The number of sulfonamides is 1. The van der Waals surface area contributed by atoms with Gasteiger partial charge in [-0.2, -0.15) is 4.72 Å². The van der Waals surface area contributed by atoms with Gasteiger partial charge in [0.1, 0.15) is 4.90 Å². The molecule has 0 unspecified atom stereocenters. The third kappa shape index (κ3) is 5.36. The first-order valence-corrected chi connectivity index (χ1v) is 10.6. The number of carbonyl (C=O) groups is 1. The minimum atomic E-state index is -3.99. The van der Waals surface area contributed by atoms with E-state index in [4.69, 9.17) is 23.2 Å². The Morgan fingerprint density at radius 3 is 2.56 bits per heavy atom. The molecule has 134 valence electrons. The van der Waals surface area contributed by atoms with Crippen molar-refractivity contribution in [1.29, 1.82) is 0 Å². The number of rotatable bonds is 6. The van der Waals surface area contributed by atoms with Crippen molar-refractivity contribution in [2.75, 3.05) is 11.6 Å². The molecule has 1 amide bonds. The molecule has 0 fully saturated rings. The molecular weight excluding hydrogens is 403 g/mol. The molecule has 2 aromatic rings. The van der Waals surface area contributed by atoms with Gasteiger partial charge in [-0.05, 0) is 49.6 Å². The number of amides is 1. The number of hydrogen-bond acceptors (Lipinski definition) is 4. The lowest BCUT2D eigenvalue weighted by Gasteiger charge is -2.15. The van der Waals surface area contributed by atoms with E-state index in [9.17, 15) is 13.2 Å². The Kier molecular flexibility index (Phi) is 6.76. The third-order valence-corrected chi connectivity index (χ3v) is 6.23. The monoisotopic (exact) mass is 418 g/mol. The van der Waals surface area contributed by atoms with Gasteiger partial charge in [-0.15, -0.1) is 11.8 Å². The van der Waals surface area contributed by atoms with Crippen molar-refractivity contribution in [2.45, 2.75) is 22.8 Å². The lowest BCUT2D eigenvalue weighted by atomic mass is 10.3. The molecule has 2 aromatic carbocycles. The van der Waals surface area contributed by atoms with Gasteiger partial charge in [0.15, 0.2) is 0 Å². The molecule has 0 aliphatic rings. The molecule has 0 aromatic heterocycles. The second kappa shape index (κ2) is 8.42. The lowest BCUT2D eigenvalue weighted by molar-refractivity contribution is -0.117. The maximum absolute atomic E-state index is 12.4. The van der Waals surface area contributed by atoms with Gasteiger partial charge in [0, 0.05) is 15.6 Å². The maximum Gasteiger partial charge on any atom is 0.242 e. The first-order valence-electron chi connectivity index (χ1n) is 7.15. The second-order valence-corrected chi connectivity index (χ2v) is 8.54. The van der Waals surface area contributed by atoms with Crippen LogP contribution in [0, 0.1) is 0 Å². The van der Waals surface area contributed by atoms with Crippen molar-refractivity contribution >= 4 is 56.6 Å². The molecule has 0 aliphatic carbocycles. The van der Waals surface area contributed by atoms with Crippen LogP contribution < -0.4 is 10.0 Å². The van der Waals surface area contributed by atoms with Gasteiger partial charge in [0.25, 0.3) is 0 Å². The van der Waals surface area contributed by atoms with Crippen LogP contribution in [0.25, 0.3) is 0 Å². The summed E-state index contributed by atoms with van der Waals surface area (Å²) in [6.07, 6.45) is 1.92. The van der Waals surface area contributed by atoms with Crippen LogP contribution in [0.15, 0.2) is 52.3 Å². The molecule has 0 aliphatic heterocycles. The molecule has 0 heterocycles. The number of hydrogen-bond donors (Lipinski definition) is 2. The predicted molar refractivity (Wildman–Crippen MR) is 103 cm³/mol. The smallest absolute Gasteiger partial charge is 0.242 e. The minimum absolute atomic E-state index is 0.0252. The summed E-state index contributed by atoms with van der Waals surface area (Å²) in [4.78, 5) is 13.1. The number of anilines is 1. The van der Waals surface area contributed by atoms with Crippen LogP contribution in [0.2, 0.25) is 10.0 Å². The van der Waals surface area contributed by atoms with Gasteiger partial charge in [-0.25, -0.2) is 8.42 Å².